The second-order valence-electron chi connectivity index (χ2n) is 5.78. The Hall–Kier alpha value is -2.77. The van der Waals surface area contributed by atoms with E-state index < -0.39 is 0 Å². The molecule has 0 aliphatic heterocycles. The largest absolute Gasteiger partial charge is 0.495 e. The van der Waals surface area contributed by atoms with Gasteiger partial charge in [0, 0.05) is 17.5 Å². The Balaban J connectivity index is 2.19. The summed E-state index contributed by atoms with van der Waals surface area (Å²) in [7, 11) is 3.61. The van der Waals surface area contributed by atoms with E-state index in [1.54, 1.807) is 7.11 Å². The van der Waals surface area contributed by atoms with Gasteiger partial charge in [0.2, 0.25) is 0 Å². The molecule has 3 rings (SSSR count). The zero-order valence-corrected chi connectivity index (χ0v) is 14.0. The first-order valence-corrected chi connectivity index (χ1v) is 8.07. The molecule has 0 radical (unpaired) electrons. The zero-order chi connectivity index (χ0) is 16.9. The molecule has 1 heterocycles. The van der Waals surface area contributed by atoms with Crippen molar-refractivity contribution in [3.8, 4) is 11.8 Å². The van der Waals surface area contributed by atoms with Crippen LogP contribution in [-0.4, -0.2) is 25.7 Å². The van der Waals surface area contributed by atoms with E-state index in [4.69, 9.17) is 4.74 Å². The molecule has 1 unspecified atom stereocenters. The van der Waals surface area contributed by atoms with E-state index >= 15 is 0 Å². The molecule has 4 nitrogen and oxygen atoms in total. The zero-order valence-electron chi connectivity index (χ0n) is 14.0. The predicted molar refractivity (Wildman–Crippen MR) is 96.4 cm³/mol. The summed E-state index contributed by atoms with van der Waals surface area (Å²) in [6.07, 6.45) is 2.97. The van der Waals surface area contributed by atoms with Gasteiger partial charge in [-0.3, -0.25) is 0 Å². The van der Waals surface area contributed by atoms with Crippen LogP contribution < -0.4 is 10.1 Å². The second-order valence-corrected chi connectivity index (χ2v) is 5.78. The first-order chi connectivity index (χ1) is 11.8. The smallest absolute Gasteiger partial charge is 0.143 e. The number of nitrogens with zero attached hydrogens (tertiary/aromatic N) is 1. The Morgan fingerprint density at radius 1 is 1.21 bits per heavy atom. The maximum atomic E-state index is 9.55. The summed E-state index contributed by atoms with van der Waals surface area (Å²) in [6, 6.07) is 16.4. The highest BCUT2D eigenvalue weighted by atomic mass is 16.5. The number of ether oxygens (including phenoxy) is 1. The predicted octanol–water partition coefficient (Wildman–Crippen LogP) is 3.79. The van der Waals surface area contributed by atoms with Crippen molar-refractivity contribution in [2.45, 2.75) is 12.3 Å². The van der Waals surface area contributed by atoms with Crippen LogP contribution in [0, 0.1) is 11.3 Å². The number of H-pyrrole nitrogens is 1. The molecule has 1 aromatic heterocycles. The minimum atomic E-state index is 0.214. The van der Waals surface area contributed by atoms with Crippen LogP contribution in [0.25, 0.3) is 10.9 Å². The van der Waals surface area contributed by atoms with Crippen molar-refractivity contribution in [1.82, 2.24) is 10.3 Å². The van der Waals surface area contributed by atoms with Crippen molar-refractivity contribution in [1.29, 1.82) is 5.26 Å². The van der Waals surface area contributed by atoms with Gasteiger partial charge in [-0.15, -0.1) is 0 Å². The SMILES string of the molecule is CNCCC(c1ccccc1)c1c[nH]c2c(OC)ccc(C#N)c12. The van der Waals surface area contributed by atoms with Crippen LogP contribution in [0.1, 0.15) is 29.0 Å². The van der Waals surface area contributed by atoms with E-state index in [0.29, 0.717) is 5.56 Å². The quantitative estimate of drug-likeness (QED) is 0.726. The number of nitrogens with one attached hydrogen (secondary N) is 2. The Morgan fingerprint density at radius 2 is 2.00 bits per heavy atom. The summed E-state index contributed by atoms with van der Waals surface area (Å²) in [5.74, 6) is 0.974. The molecule has 24 heavy (non-hydrogen) atoms. The molecule has 0 fully saturated rings. The Bertz CT molecular complexity index is 862. The van der Waals surface area contributed by atoms with Crippen LogP contribution in [0.15, 0.2) is 48.7 Å². The minimum Gasteiger partial charge on any atom is -0.495 e. The summed E-state index contributed by atoms with van der Waals surface area (Å²) in [4.78, 5) is 3.31. The van der Waals surface area contributed by atoms with Gasteiger partial charge in [-0.05, 0) is 43.3 Å². The van der Waals surface area contributed by atoms with Crippen molar-refractivity contribution in [2.24, 2.45) is 0 Å². The second kappa shape index (κ2) is 7.20. The molecular weight excluding hydrogens is 298 g/mol. The molecular formula is C20H21N3O. The van der Waals surface area contributed by atoms with Crippen LogP contribution in [0.2, 0.25) is 0 Å². The monoisotopic (exact) mass is 319 g/mol. The molecule has 0 bridgehead atoms. The van der Waals surface area contributed by atoms with Crippen LogP contribution >= 0.6 is 0 Å². The van der Waals surface area contributed by atoms with Crippen LogP contribution in [0.4, 0.5) is 0 Å². The topological polar surface area (TPSA) is 60.8 Å². The maximum absolute atomic E-state index is 9.55. The van der Waals surface area contributed by atoms with Crippen molar-refractivity contribution >= 4 is 10.9 Å². The third-order valence-corrected chi connectivity index (χ3v) is 4.43. The van der Waals surface area contributed by atoms with Gasteiger partial charge in [0.1, 0.15) is 5.75 Å². The summed E-state index contributed by atoms with van der Waals surface area (Å²) < 4.78 is 5.45. The van der Waals surface area contributed by atoms with E-state index in [0.717, 1.165) is 35.2 Å². The Morgan fingerprint density at radius 3 is 2.67 bits per heavy atom. The Kier molecular flexibility index (Phi) is 4.83. The maximum Gasteiger partial charge on any atom is 0.143 e. The van der Waals surface area contributed by atoms with Gasteiger partial charge < -0.3 is 15.0 Å². The van der Waals surface area contributed by atoms with Crippen molar-refractivity contribution in [3.63, 3.8) is 0 Å². The number of hydrogen-bond acceptors (Lipinski definition) is 3. The first kappa shape index (κ1) is 16.1. The van der Waals surface area contributed by atoms with Crippen molar-refractivity contribution in [3.05, 3.63) is 65.4 Å². The number of methoxy groups -OCH3 is 1. The molecule has 0 saturated carbocycles. The fourth-order valence-corrected chi connectivity index (χ4v) is 3.26. The van der Waals surface area contributed by atoms with Gasteiger partial charge in [-0.25, -0.2) is 0 Å². The summed E-state index contributed by atoms with van der Waals surface area (Å²) in [6.45, 7) is 0.901. The third-order valence-electron chi connectivity index (χ3n) is 4.43. The molecule has 1 atom stereocenters. The molecule has 0 spiro atoms. The molecule has 3 aromatic rings. The molecule has 0 aliphatic rings. The van der Waals surface area contributed by atoms with E-state index in [-0.39, 0.29) is 5.92 Å². The minimum absolute atomic E-state index is 0.214. The van der Waals surface area contributed by atoms with E-state index in [1.807, 2.05) is 31.4 Å². The number of aromatic nitrogens is 1. The van der Waals surface area contributed by atoms with Crippen LogP contribution in [-0.2, 0) is 0 Å². The van der Waals surface area contributed by atoms with Gasteiger partial charge in [-0.1, -0.05) is 30.3 Å². The number of benzene rings is 2. The standard InChI is InChI=1S/C20H21N3O/c1-22-11-10-16(14-6-4-3-5-7-14)17-13-23-20-18(24-2)9-8-15(12-21)19(17)20/h3-9,13,16,22-23H,10-11H2,1-2H3. The molecule has 0 saturated heterocycles. The summed E-state index contributed by atoms with van der Waals surface area (Å²) in [5.41, 5.74) is 3.95. The van der Waals surface area contributed by atoms with Crippen molar-refractivity contribution < 1.29 is 4.74 Å². The number of rotatable bonds is 6. The Labute approximate surface area is 142 Å². The molecule has 0 amide bonds. The molecule has 4 heteroatoms. The molecule has 2 N–H and O–H groups in total. The number of hydrogen-bond donors (Lipinski definition) is 2. The normalized spacial score (nSPS) is 12.0. The van der Waals surface area contributed by atoms with Gasteiger partial charge in [-0.2, -0.15) is 5.26 Å². The highest BCUT2D eigenvalue weighted by Crippen LogP contribution is 2.37. The fraction of sp³-hybridized carbons (Fsp3) is 0.250. The average molecular weight is 319 g/mol. The lowest BCUT2D eigenvalue weighted by Crippen LogP contribution is -2.13. The highest BCUT2D eigenvalue weighted by molar-refractivity contribution is 5.94. The van der Waals surface area contributed by atoms with Gasteiger partial charge in [0.15, 0.2) is 0 Å². The van der Waals surface area contributed by atoms with E-state index in [1.165, 1.54) is 5.56 Å². The lowest BCUT2D eigenvalue weighted by Gasteiger charge is -2.17. The number of aromatic amines is 1. The fourth-order valence-electron chi connectivity index (χ4n) is 3.26. The molecule has 122 valence electrons. The number of fused-ring (bicyclic) bond motifs is 1. The van der Waals surface area contributed by atoms with Gasteiger partial charge in [0.25, 0.3) is 0 Å². The van der Waals surface area contributed by atoms with Gasteiger partial charge in [0.05, 0.1) is 24.3 Å². The average Bonchev–Trinajstić information content (AvgIpc) is 3.07. The van der Waals surface area contributed by atoms with E-state index in [9.17, 15) is 5.26 Å². The third kappa shape index (κ3) is 2.86. The first-order valence-electron chi connectivity index (χ1n) is 8.07. The van der Waals surface area contributed by atoms with Gasteiger partial charge >= 0.3 is 0 Å². The summed E-state index contributed by atoms with van der Waals surface area (Å²) >= 11 is 0. The lowest BCUT2D eigenvalue weighted by atomic mass is 9.87. The van der Waals surface area contributed by atoms with Crippen molar-refractivity contribution in [2.75, 3.05) is 20.7 Å². The summed E-state index contributed by atoms with van der Waals surface area (Å²) in [5, 5.41) is 13.7. The van der Waals surface area contributed by atoms with E-state index in [2.05, 4.69) is 40.6 Å². The number of nitriles is 1. The highest BCUT2D eigenvalue weighted by Gasteiger charge is 2.21. The van der Waals surface area contributed by atoms with Crippen LogP contribution in [0.3, 0.4) is 0 Å². The molecule has 0 aliphatic carbocycles. The van der Waals surface area contributed by atoms with Crippen LogP contribution in [0.5, 0.6) is 5.75 Å². The molecule has 2 aromatic carbocycles. The lowest BCUT2D eigenvalue weighted by molar-refractivity contribution is 0.419.